The molecule has 0 aliphatic heterocycles. The van der Waals surface area contributed by atoms with Crippen LogP contribution < -0.4 is 15.4 Å². The summed E-state index contributed by atoms with van der Waals surface area (Å²) in [6, 6.07) is 4.49. The van der Waals surface area contributed by atoms with Gasteiger partial charge in [0.25, 0.3) is 5.91 Å². The van der Waals surface area contributed by atoms with Crippen molar-refractivity contribution in [1.82, 2.24) is 10.6 Å². The first-order chi connectivity index (χ1) is 9.56. The first kappa shape index (κ1) is 16.4. The van der Waals surface area contributed by atoms with E-state index in [4.69, 9.17) is 4.74 Å². The number of ether oxygens (including phenoxy) is 1. The van der Waals surface area contributed by atoms with Gasteiger partial charge < -0.3 is 15.4 Å². The fourth-order valence-corrected chi connectivity index (χ4v) is 1.71. The van der Waals surface area contributed by atoms with Crippen molar-refractivity contribution in [3.05, 3.63) is 29.6 Å². The highest BCUT2D eigenvalue weighted by molar-refractivity contribution is 5.80. The van der Waals surface area contributed by atoms with Gasteiger partial charge in [0.1, 0.15) is 11.6 Å². The molecule has 0 fully saturated rings. The van der Waals surface area contributed by atoms with Crippen LogP contribution >= 0.6 is 0 Å². The van der Waals surface area contributed by atoms with E-state index in [1.165, 1.54) is 12.1 Å². The van der Waals surface area contributed by atoms with Crippen LogP contribution in [0.4, 0.5) is 4.39 Å². The maximum absolute atomic E-state index is 13.5. The van der Waals surface area contributed by atoms with E-state index in [0.29, 0.717) is 18.8 Å². The molecule has 1 aromatic carbocycles. The molecule has 20 heavy (non-hydrogen) atoms. The van der Waals surface area contributed by atoms with Crippen LogP contribution in [0.5, 0.6) is 5.75 Å². The second-order valence-corrected chi connectivity index (χ2v) is 4.63. The lowest BCUT2D eigenvalue weighted by molar-refractivity contribution is -0.127. The van der Waals surface area contributed by atoms with Crippen LogP contribution in [0.15, 0.2) is 18.2 Å². The van der Waals surface area contributed by atoms with Gasteiger partial charge in [-0.15, -0.1) is 0 Å². The molecule has 0 aliphatic rings. The third kappa shape index (κ3) is 5.57. The molecule has 1 atom stereocenters. The molecule has 2 N–H and O–H groups in total. The Labute approximate surface area is 119 Å². The molecule has 0 saturated heterocycles. The summed E-state index contributed by atoms with van der Waals surface area (Å²) in [7, 11) is 0. The largest absolute Gasteiger partial charge is 0.481 e. The van der Waals surface area contributed by atoms with Gasteiger partial charge >= 0.3 is 0 Å². The Bertz CT molecular complexity index is 438. The van der Waals surface area contributed by atoms with Crippen molar-refractivity contribution >= 4 is 5.91 Å². The highest BCUT2D eigenvalue weighted by Crippen LogP contribution is 2.18. The zero-order valence-corrected chi connectivity index (χ0v) is 12.3. The molecule has 0 radical (unpaired) electrons. The van der Waals surface area contributed by atoms with Crippen LogP contribution in [0.25, 0.3) is 0 Å². The average Bonchev–Trinajstić information content (AvgIpc) is 2.41. The standard InChI is InChI=1S/C15H23FN2O2/c1-4-6-18-15(19)11(3)20-14-8-12(10-17-5-2)7-13(16)9-14/h7-9,11,17H,4-6,10H2,1-3H3,(H,18,19). The number of rotatable bonds is 8. The predicted octanol–water partition coefficient (Wildman–Crippen LogP) is 2.23. The molecule has 1 amide bonds. The minimum absolute atomic E-state index is 0.190. The van der Waals surface area contributed by atoms with E-state index < -0.39 is 6.10 Å². The SMILES string of the molecule is CCCNC(=O)C(C)Oc1cc(F)cc(CNCC)c1. The summed E-state index contributed by atoms with van der Waals surface area (Å²) in [5.74, 6) is -0.182. The Balaban J connectivity index is 2.66. The number of nitrogens with one attached hydrogen (secondary N) is 2. The molecule has 1 aromatic rings. The van der Waals surface area contributed by atoms with E-state index in [1.807, 2.05) is 13.8 Å². The van der Waals surface area contributed by atoms with Gasteiger partial charge in [0, 0.05) is 19.2 Å². The Morgan fingerprint density at radius 3 is 2.75 bits per heavy atom. The Hall–Kier alpha value is -1.62. The lowest BCUT2D eigenvalue weighted by Gasteiger charge is -2.15. The Morgan fingerprint density at radius 2 is 2.10 bits per heavy atom. The molecule has 1 unspecified atom stereocenters. The quantitative estimate of drug-likeness (QED) is 0.769. The molecular formula is C15H23FN2O2. The summed E-state index contributed by atoms with van der Waals surface area (Å²) in [4.78, 5) is 11.7. The van der Waals surface area contributed by atoms with Gasteiger partial charge in [-0.2, -0.15) is 0 Å². The van der Waals surface area contributed by atoms with Crippen molar-refractivity contribution in [3.8, 4) is 5.75 Å². The maximum atomic E-state index is 13.5. The van der Waals surface area contributed by atoms with Gasteiger partial charge in [0.15, 0.2) is 6.10 Å². The van der Waals surface area contributed by atoms with Crippen LogP contribution in [0.2, 0.25) is 0 Å². The molecule has 0 bridgehead atoms. The minimum atomic E-state index is -0.643. The van der Waals surface area contributed by atoms with Crippen molar-refractivity contribution < 1.29 is 13.9 Å². The molecular weight excluding hydrogens is 259 g/mol. The number of carbonyl (C=O) groups excluding carboxylic acids is 1. The van der Waals surface area contributed by atoms with E-state index in [-0.39, 0.29) is 11.7 Å². The highest BCUT2D eigenvalue weighted by Gasteiger charge is 2.14. The molecule has 5 heteroatoms. The number of halogens is 1. The van der Waals surface area contributed by atoms with E-state index in [0.717, 1.165) is 18.5 Å². The van der Waals surface area contributed by atoms with Crippen molar-refractivity contribution in [2.75, 3.05) is 13.1 Å². The van der Waals surface area contributed by atoms with Gasteiger partial charge in [0.2, 0.25) is 0 Å². The number of hydrogen-bond acceptors (Lipinski definition) is 3. The van der Waals surface area contributed by atoms with Crippen molar-refractivity contribution in [3.63, 3.8) is 0 Å². The van der Waals surface area contributed by atoms with E-state index in [1.54, 1.807) is 13.0 Å². The molecule has 0 spiro atoms. The monoisotopic (exact) mass is 282 g/mol. The molecule has 0 heterocycles. The van der Waals surface area contributed by atoms with Crippen LogP contribution in [-0.2, 0) is 11.3 Å². The third-order valence-corrected chi connectivity index (χ3v) is 2.74. The van der Waals surface area contributed by atoms with Crippen molar-refractivity contribution in [2.24, 2.45) is 0 Å². The van der Waals surface area contributed by atoms with E-state index >= 15 is 0 Å². The van der Waals surface area contributed by atoms with Gasteiger partial charge in [-0.3, -0.25) is 4.79 Å². The molecule has 0 saturated carbocycles. The number of benzene rings is 1. The fraction of sp³-hybridized carbons (Fsp3) is 0.533. The van der Waals surface area contributed by atoms with E-state index in [2.05, 4.69) is 10.6 Å². The summed E-state index contributed by atoms with van der Waals surface area (Å²) in [5, 5.41) is 5.87. The zero-order chi connectivity index (χ0) is 15.0. The van der Waals surface area contributed by atoms with Crippen molar-refractivity contribution in [1.29, 1.82) is 0 Å². The third-order valence-electron chi connectivity index (χ3n) is 2.74. The number of amides is 1. The summed E-state index contributed by atoms with van der Waals surface area (Å²) in [6.45, 7) is 7.60. The molecule has 112 valence electrons. The first-order valence-electron chi connectivity index (χ1n) is 7.01. The fourth-order valence-electron chi connectivity index (χ4n) is 1.71. The maximum Gasteiger partial charge on any atom is 0.260 e. The summed E-state index contributed by atoms with van der Waals surface area (Å²) < 4.78 is 19.0. The average molecular weight is 282 g/mol. The van der Waals surface area contributed by atoms with E-state index in [9.17, 15) is 9.18 Å². The molecule has 0 aliphatic carbocycles. The molecule has 1 rings (SSSR count). The minimum Gasteiger partial charge on any atom is -0.481 e. The van der Waals surface area contributed by atoms with Gasteiger partial charge in [-0.1, -0.05) is 13.8 Å². The van der Waals surface area contributed by atoms with Crippen LogP contribution in [-0.4, -0.2) is 25.1 Å². The highest BCUT2D eigenvalue weighted by atomic mass is 19.1. The van der Waals surface area contributed by atoms with Gasteiger partial charge in [-0.25, -0.2) is 4.39 Å². The molecule has 4 nitrogen and oxygen atoms in total. The van der Waals surface area contributed by atoms with Crippen molar-refractivity contribution in [2.45, 2.75) is 39.8 Å². The lowest BCUT2D eigenvalue weighted by Crippen LogP contribution is -2.36. The summed E-state index contributed by atoms with van der Waals surface area (Å²) >= 11 is 0. The smallest absolute Gasteiger partial charge is 0.260 e. The van der Waals surface area contributed by atoms with Crippen LogP contribution in [0, 0.1) is 5.82 Å². The van der Waals surface area contributed by atoms with Crippen LogP contribution in [0.3, 0.4) is 0 Å². The summed E-state index contributed by atoms with van der Waals surface area (Å²) in [6.07, 6.45) is 0.223. The summed E-state index contributed by atoms with van der Waals surface area (Å²) in [5.41, 5.74) is 0.794. The second-order valence-electron chi connectivity index (χ2n) is 4.63. The lowest BCUT2D eigenvalue weighted by atomic mass is 10.2. The predicted molar refractivity (Wildman–Crippen MR) is 77.2 cm³/mol. The zero-order valence-electron chi connectivity index (χ0n) is 12.3. The Kier molecular flexibility index (Phi) is 7.01. The topological polar surface area (TPSA) is 50.4 Å². The Morgan fingerprint density at radius 1 is 1.35 bits per heavy atom. The second kappa shape index (κ2) is 8.53. The van der Waals surface area contributed by atoms with Gasteiger partial charge in [0.05, 0.1) is 0 Å². The van der Waals surface area contributed by atoms with Gasteiger partial charge in [-0.05, 0) is 37.6 Å². The van der Waals surface area contributed by atoms with Crippen LogP contribution in [0.1, 0.15) is 32.8 Å². The number of carbonyl (C=O) groups is 1. The number of hydrogen-bond donors (Lipinski definition) is 2. The molecule has 0 aromatic heterocycles. The normalized spacial score (nSPS) is 12.0. The first-order valence-corrected chi connectivity index (χ1v) is 7.01.